The third-order valence-corrected chi connectivity index (χ3v) is 5.32. The maximum absolute atomic E-state index is 12.8. The largest absolute Gasteiger partial charge is 0.377 e. The summed E-state index contributed by atoms with van der Waals surface area (Å²) in [6, 6.07) is 9.52. The number of hydrogen-bond acceptors (Lipinski definition) is 4. The molecular weight excluding hydrogens is 437 g/mol. The molecule has 0 atom stereocenters. The van der Waals surface area contributed by atoms with Crippen molar-refractivity contribution in [1.82, 2.24) is 10.2 Å². The monoisotopic (exact) mass is 465 g/mol. The number of amides is 3. The van der Waals surface area contributed by atoms with Crippen LogP contribution in [0.1, 0.15) is 24.2 Å². The minimum Gasteiger partial charge on any atom is -0.377 e. The highest BCUT2D eigenvalue weighted by atomic mass is 35.5. The van der Waals surface area contributed by atoms with Crippen molar-refractivity contribution in [3.63, 3.8) is 0 Å². The van der Waals surface area contributed by atoms with Gasteiger partial charge in [-0.15, -0.1) is 0 Å². The van der Waals surface area contributed by atoms with Crippen molar-refractivity contribution in [2.45, 2.75) is 13.8 Å². The summed E-state index contributed by atoms with van der Waals surface area (Å²) in [6.07, 6.45) is 0. The minimum absolute atomic E-state index is 0.194. The summed E-state index contributed by atoms with van der Waals surface area (Å²) in [4.78, 5) is 29.3. The van der Waals surface area contributed by atoms with Crippen molar-refractivity contribution in [2.24, 2.45) is 0 Å². The Kier molecular flexibility index (Phi) is 9.43. The van der Waals surface area contributed by atoms with E-state index in [1.807, 2.05) is 19.0 Å². The van der Waals surface area contributed by atoms with Crippen LogP contribution in [0.4, 0.5) is 21.9 Å². The Bertz CT molecular complexity index is 917. The lowest BCUT2D eigenvalue weighted by Gasteiger charge is -2.20. The number of urea groups is 1. The van der Waals surface area contributed by atoms with Crippen molar-refractivity contribution in [3.8, 4) is 0 Å². The van der Waals surface area contributed by atoms with Crippen molar-refractivity contribution < 1.29 is 9.59 Å². The molecule has 9 heteroatoms. The number of nitrogens with one attached hydrogen (secondary N) is 3. The molecule has 2 rings (SSSR count). The number of carbonyl (C=O) groups is 2. The molecule has 0 aliphatic rings. The first-order chi connectivity index (χ1) is 14.7. The molecule has 0 unspecified atom stereocenters. The normalized spacial score (nSPS) is 10.7. The van der Waals surface area contributed by atoms with Gasteiger partial charge in [0.25, 0.3) is 5.91 Å². The van der Waals surface area contributed by atoms with E-state index in [1.54, 1.807) is 36.4 Å². The fraction of sp³-hybridized carbons (Fsp3) is 0.364. The highest BCUT2D eigenvalue weighted by Gasteiger charge is 2.15. The van der Waals surface area contributed by atoms with Gasteiger partial charge in [0.2, 0.25) is 0 Å². The van der Waals surface area contributed by atoms with E-state index in [2.05, 4.69) is 34.7 Å². The summed E-state index contributed by atoms with van der Waals surface area (Å²) in [5, 5.41) is 9.18. The van der Waals surface area contributed by atoms with Gasteiger partial charge in [0, 0.05) is 43.6 Å². The Balaban J connectivity index is 2.11. The van der Waals surface area contributed by atoms with Crippen LogP contribution < -0.4 is 20.9 Å². The van der Waals surface area contributed by atoms with Gasteiger partial charge in [-0.2, -0.15) is 0 Å². The zero-order chi connectivity index (χ0) is 23.0. The van der Waals surface area contributed by atoms with E-state index in [0.29, 0.717) is 33.5 Å². The molecule has 0 aliphatic carbocycles. The van der Waals surface area contributed by atoms with Gasteiger partial charge < -0.3 is 25.8 Å². The number of likely N-dealkylation sites (N-methyl/N-ethyl adjacent to an activating group) is 1. The lowest BCUT2D eigenvalue weighted by molar-refractivity contribution is 0.0949. The third kappa shape index (κ3) is 7.31. The van der Waals surface area contributed by atoms with Crippen LogP contribution in [0.5, 0.6) is 0 Å². The van der Waals surface area contributed by atoms with Crippen LogP contribution >= 0.6 is 23.2 Å². The Hall–Kier alpha value is -2.48. The van der Waals surface area contributed by atoms with Gasteiger partial charge >= 0.3 is 6.03 Å². The molecule has 2 aromatic carbocycles. The van der Waals surface area contributed by atoms with Crippen LogP contribution in [0.25, 0.3) is 0 Å². The van der Waals surface area contributed by atoms with Crippen molar-refractivity contribution in [1.29, 1.82) is 0 Å². The average molecular weight is 466 g/mol. The molecule has 0 spiro atoms. The molecule has 3 N–H and O–H groups in total. The molecule has 31 heavy (non-hydrogen) atoms. The Labute approximate surface area is 193 Å². The molecule has 7 nitrogen and oxygen atoms in total. The van der Waals surface area contributed by atoms with Crippen LogP contribution in [-0.4, -0.2) is 57.1 Å². The van der Waals surface area contributed by atoms with E-state index in [4.69, 9.17) is 23.2 Å². The number of hydrogen-bond donors (Lipinski definition) is 3. The van der Waals surface area contributed by atoms with Gasteiger partial charge in [0.1, 0.15) is 0 Å². The molecule has 3 amide bonds. The van der Waals surface area contributed by atoms with E-state index in [0.717, 1.165) is 25.3 Å². The number of anilines is 3. The average Bonchev–Trinajstić information content (AvgIpc) is 2.73. The fourth-order valence-electron chi connectivity index (χ4n) is 3.02. The van der Waals surface area contributed by atoms with Gasteiger partial charge in [0.05, 0.1) is 16.3 Å². The molecule has 0 fully saturated rings. The molecule has 0 aromatic heterocycles. The molecule has 2 aromatic rings. The molecule has 0 bridgehead atoms. The topological polar surface area (TPSA) is 76.7 Å². The number of rotatable bonds is 9. The summed E-state index contributed by atoms with van der Waals surface area (Å²) >= 11 is 12.0. The Morgan fingerprint density at radius 3 is 2.29 bits per heavy atom. The summed E-state index contributed by atoms with van der Waals surface area (Å²) in [6.45, 7) is 7.36. The lowest BCUT2D eigenvalue weighted by atomic mass is 10.1. The second-order valence-corrected chi connectivity index (χ2v) is 7.96. The smallest absolute Gasteiger partial charge is 0.323 e. The first-order valence-corrected chi connectivity index (χ1v) is 10.9. The van der Waals surface area contributed by atoms with Crippen molar-refractivity contribution in [3.05, 3.63) is 52.0 Å². The van der Waals surface area contributed by atoms with Crippen molar-refractivity contribution >= 4 is 52.2 Å². The highest BCUT2D eigenvalue weighted by Crippen LogP contribution is 2.26. The van der Waals surface area contributed by atoms with E-state index in [1.165, 1.54) is 0 Å². The summed E-state index contributed by atoms with van der Waals surface area (Å²) < 4.78 is 0. The van der Waals surface area contributed by atoms with Crippen LogP contribution in [0.2, 0.25) is 10.0 Å². The molecule has 0 saturated heterocycles. The van der Waals surface area contributed by atoms with Crippen LogP contribution in [0.3, 0.4) is 0 Å². The summed E-state index contributed by atoms with van der Waals surface area (Å²) in [5.41, 5.74) is 2.16. The lowest BCUT2D eigenvalue weighted by Crippen LogP contribution is -2.35. The summed E-state index contributed by atoms with van der Waals surface area (Å²) in [5.74, 6) is -0.194. The second-order valence-electron chi connectivity index (χ2n) is 7.11. The molecule has 0 aliphatic heterocycles. The predicted octanol–water partition coefficient (Wildman–Crippen LogP) is 4.78. The van der Waals surface area contributed by atoms with Gasteiger partial charge in [-0.05, 0) is 49.5 Å². The maximum atomic E-state index is 12.8. The van der Waals surface area contributed by atoms with Gasteiger partial charge in [-0.25, -0.2) is 4.79 Å². The zero-order valence-electron chi connectivity index (χ0n) is 18.3. The predicted molar refractivity (Wildman–Crippen MR) is 130 cm³/mol. The molecule has 0 saturated carbocycles. The SMILES string of the molecule is CCN(CC)CCNC(=O)c1cc(NC(=O)Nc2ccc(Cl)cc2Cl)ccc1N(C)C. The standard InChI is InChI=1S/C22H29Cl2N5O2/c1-5-29(6-2)12-11-25-21(30)17-14-16(8-10-20(17)28(3)4)26-22(31)27-19-9-7-15(23)13-18(19)24/h7-10,13-14H,5-6,11-12H2,1-4H3,(H,25,30)(H2,26,27,31). The van der Waals surface area contributed by atoms with E-state index >= 15 is 0 Å². The summed E-state index contributed by atoms with van der Waals surface area (Å²) in [7, 11) is 3.73. The number of benzene rings is 2. The van der Waals surface area contributed by atoms with Crippen molar-refractivity contribution in [2.75, 3.05) is 55.8 Å². The quantitative estimate of drug-likeness (QED) is 0.498. The van der Waals surface area contributed by atoms with Crippen LogP contribution in [0, 0.1) is 0 Å². The zero-order valence-corrected chi connectivity index (χ0v) is 19.8. The van der Waals surface area contributed by atoms with E-state index in [-0.39, 0.29) is 5.91 Å². The first-order valence-electron chi connectivity index (χ1n) is 10.1. The highest BCUT2D eigenvalue weighted by molar-refractivity contribution is 6.36. The van der Waals surface area contributed by atoms with Gasteiger partial charge in [-0.3, -0.25) is 4.79 Å². The van der Waals surface area contributed by atoms with Crippen LogP contribution in [-0.2, 0) is 0 Å². The second kappa shape index (κ2) is 11.8. The first kappa shape index (κ1) is 24.8. The minimum atomic E-state index is -0.477. The molecule has 168 valence electrons. The molecular formula is C22H29Cl2N5O2. The Morgan fingerprint density at radius 2 is 1.68 bits per heavy atom. The Morgan fingerprint density at radius 1 is 0.968 bits per heavy atom. The number of nitrogens with zero attached hydrogens (tertiary/aromatic N) is 2. The maximum Gasteiger partial charge on any atom is 0.323 e. The number of halogens is 2. The van der Waals surface area contributed by atoms with Crippen LogP contribution in [0.15, 0.2) is 36.4 Å². The molecule has 0 heterocycles. The molecule has 0 radical (unpaired) electrons. The fourth-order valence-corrected chi connectivity index (χ4v) is 3.48. The third-order valence-electron chi connectivity index (χ3n) is 4.77. The van der Waals surface area contributed by atoms with Gasteiger partial charge in [-0.1, -0.05) is 37.0 Å². The van der Waals surface area contributed by atoms with E-state index < -0.39 is 6.03 Å². The van der Waals surface area contributed by atoms with E-state index in [9.17, 15) is 9.59 Å². The number of carbonyl (C=O) groups excluding carboxylic acids is 2. The van der Waals surface area contributed by atoms with Gasteiger partial charge in [0.15, 0.2) is 0 Å².